The first-order valence-electron chi connectivity index (χ1n) is 8.53. The molecule has 26 heavy (non-hydrogen) atoms. The van der Waals surface area contributed by atoms with Gasteiger partial charge in [0.1, 0.15) is 24.0 Å². The van der Waals surface area contributed by atoms with Crippen LogP contribution in [0.5, 0.6) is 0 Å². The van der Waals surface area contributed by atoms with E-state index in [-0.39, 0.29) is 30.3 Å². The molecule has 1 aromatic carbocycles. The third kappa shape index (κ3) is 3.60. The molecule has 2 heterocycles. The molecular formula is C18H22N4O4. The van der Waals surface area contributed by atoms with E-state index in [0.29, 0.717) is 24.5 Å². The monoisotopic (exact) mass is 358 g/mol. The topological polar surface area (TPSA) is 90.5 Å². The van der Waals surface area contributed by atoms with Crippen LogP contribution in [0.15, 0.2) is 30.3 Å². The van der Waals surface area contributed by atoms with Crippen LogP contribution in [0.3, 0.4) is 0 Å². The van der Waals surface area contributed by atoms with Crippen molar-refractivity contribution in [3.8, 4) is 0 Å². The van der Waals surface area contributed by atoms with Crippen molar-refractivity contribution in [2.75, 3.05) is 13.1 Å². The van der Waals surface area contributed by atoms with E-state index in [1.54, 1.807) is 18.7 Å². The van der Waals surface area contributed by atoms with Gasteiger partial charge in [0, 0.05) is 6.54 Å². The Bertz CT molecular complexity index is 818. The highest BCUT2D eigenvalue weighted by Gasteiger charge is 2.30. The Morgan fingerprint density at radius 3 is 2.62 bits per heavy atom. The van der Waals surface area contributed by atoms with Gasteiger partial charge < -0.3 is 9.64 Å². The highest BCUT2D eigenvalue weighted by molar-refractivity contribution is 5.76. The van der Waals surface area contributed by atoms with Gasteiger partial charge in [-0.2, -0.15) is 5.10 Å². The minimum absolute atomic E-state index is 0.0191. The summed E-state index contributed by atoms with van der Waals surface area (Å²) in [5.74, 6) is -0.124. The van der Waals surface area contributed by atoms with Crippen LogP contribution >= 0.6 is 0 Å². The van der Waals surface area contributed by atoms with Crippen molar-refractivity contribution in [3.05, 3.63) is 57.4 Å². The van der Waals surface area contributed by atoms with Crippen LogP contribution in [0.25, 0.3) is 0 Å². The maximum absolute atomic E-state index is 12.8. The fraction of sp³-hybridized carbons (Fsp3) is 0.444. The van der Waals surface area contributed by atoms with E-state index < -0.39 is 4.92 Å². The van der Waals surface area contributed by atoms with Crippen LogP contribution < -0.4 is 0 Å². The summed E-state index contributed by atoms with van der Waals surface area (Å²) in [6.07, 6.45) is -0.272. The molecule has 1 fully saturated rings. The summed E-state index contributed by atoms with van der Waals surface area (Å²) in [6.45, 7) is 6.05. The molecule has 0 spiro atoms. The lowest BCUT2D eigenvalue weighted by atomic mass is 10.1. The summed E-state index contributed by atoms with van der Waals surface area (Å²) in [4.78, 5) is 25.2. The van der Waals surface area contributed by atoms with Crippen LogP contribution in [-0.4, -0.2) is 44.7 Å². The molecule has 0 unspecified atom stereocenters. The number of aryl methyl sites for hydroxylation is 1. The Balaban J connectivity index is 1.75. The molecule has 1 aliphatic rings. The van der Waals surface area contributed by atoms with E-state index in [4.69, 9.17) is 4.74 Å². The highest BCUT2D eigenvalue weighted by Crippen LogP contribution is 2.26. The number of amides is 1. The van der Waals surface area contributed by atoms with Crippen molar-refractivity contribution in [1.29, 1.82) is 0 Å². The summed E-state index contributed by atoms with van der Waals surface area (Å²) >= 11 is 0. The number of benzene rings is 1. The molecule has 138 valence electrons. The Kier molecular flexibility index (Phi) is 5.03. The van der Waals surface area contributed by atoms with E-state index in [1.165, 1.54) is 4.68 Å². The second-order valence-electron chi connectivity index (χ2n) is 6.58. The molecule has 1 aromatic heterocycles. The largest absolute Gasteiger partial charge is 0.367 e. The van der Waals surface area contributed by atoms with Crippen molar-refractivity contribution in [2.24, 2.45) is 0 Å². The molecule has 2 aromatic rings. The second kappa shape index (κ2) is 7.25. The van der Waals surface area contributed by atoms with Crippen molar-refractivity contribution < 1.29 is 14.5 Å². The summed E-state index contributed by atoms with van der Waals surface area (Å²) in [5.41, 5.74) is 1.70. The number of nitro groups is 1. The second-order valence-corrected chi connectivity index (χ2v) is 6.58. The molecule has 0 bridgehead atoms. The molecular weight excluding hydrogens is 336 g/mol. The molecule has 0 saturated carbocycles. The number of carbonyl (C=O) groups excluding carboxylic acids is 1. The third-order valence-electron chi connectivity index (χ3n) is 4.60. The zero-order valence-corrected chi connectivity index (χ0v) is 15.1. The lowest BCUT2D eigenvalue weighted by Crippen LogP contribution is -2.47. The highest BCUT2D eigenvalue weighted by atomic mass is 16.6. The third-order valence-corrected chi connectivity index (χ3v) is 4.60. The molecule has 2 atom stereocenters. The van der Waals surface area contributed by atoms with Gasteiger partial charge in [-0.3, -0.25) is 19.6 Å². The molecule has 1 amide bonds. The maximum atomic E-state index is 12.8. The number of morpholine rings is 1. The number of nitrogens with zero attached hydrogens (tertiary/aromatic N) is 4. The normalized spacial score (nSPS) is 20.2. The van der Waals surface area contributed by atoms with Gasteiger partial charge in [-0.1, -0.05) is 30.3 Å². The lowest BCUT2D eigenvalue weighted by molar-refractivity contribution is -0.386. The zero-order valence-electron chi connectivity index (χ0n) is 15.1. The van der Waals surface area contributed by atoms with Crippen LogP contribution in [-0.2, 0) is 16.1 Å². The Labute approximate surface area is 151 Å². The quantitative estimate of drug-likeness (QED) is 0.618. The van der Waals surface area contributed by atoms with Crippen LogP contribution in [0.1, 0.15) is 30.0 Å². The van der Waals surface area contributed by atoms with E-state index in [2.05, 4.69) is 5.10 Å². The average Bonchev–Trinajstić information content (AvgIpc) is 2.88. The van der Waals surface area contributed by atoms with Gasteiger partial charge in [0.15, 0.2) is 0 Å². The molecule has 8 heteroatoms. The standard InChI is InChI=1S/C18H22N4O4/c1-12-9-20(10-16(26-12)15-7-5-4-6-8-15)17(23)11-21-14(3)18(22(24)25)13(2)19-21/h4-8,12,16H,9-11H2,1-3H3/t12-,16-/m0/s1. The number of carbonyl (C=O) groups is 1. The average molecular weight is 358 g/mol. The van der Waals surface area contributed by atoms with E-state index in [0.717, 1.165) is 5.56 Å². The number of aromatic nitrogens is 2. The van der Waals surface area contributed by atoms with Gasteiger partial charge in [-0.05, 0) is 26.3 Å². The molecule has 3 rings (SSSR count). The first kappa shape index (κ1) is 18.1. The van der Waals surface area contributed by atoms with Gasteiger partial charge >= 0.3 is 5.69 Å². The van der Waals surface area contributed by atoms with E-state index in [9.17, 15) is 14.9 Å². The van der Waals surface area contributed by atoms with E-state index in [1.807, 2.05) is 37.3 Å². The van der Waals surface area contributed by atoms with Crippen molar-refractivity contribution in [3.63, 3.8) is 0 Å². The van der Waals surface area contributed by atoms with Gasteiger partial charge in [0.2, 0.25) is 5.91 Å². The van der Waals surface area contributed by atoms with Crippen LogP contribution in [0.2, 0.25) is 0 Å². The number of rotatable bonds is 4. The summed E-state index contributed by atoms with van der Waals surface area (Å²) < 4.78 is 7.39. The van der Waals surface area contributed by atoms with Gasteiger partial charge in [0.25, 0.3) is 0 Å². The fourth-order valence-electron chi connectivity index (χ4n) is 3.34. The van der Waals surface area contributed by atoms with Gasteiger partial charge in [-0.15, -0.1) is 0 Å². The first-order valence-corrected chi connectivity index (χ1v) is 8.53. The first-order chi connectivity index (χ1) is 12.4. The Morgan fingerprint density at radius 2 is 2.00 bits per heavy atom. The van der Waals surface area contributed by atoms with E-state index >= 15 is 0 Å². The molecule has 0 N–H and O–H groups in total. The lowest BCUT2D eigenvalue weighted by Gasteiger charge is -2.37. The van der Waals surface area contributed by atoms with Crippen molar-refractivity contribution in [2.45, 2.75) is 39.5 Å². The van der Waals surface area contributed by atoms with Crippen LogP contribution in [0, 0.1) is 24.0 Å². The minimum Gasteiger partial charge on any atom is -0.367 e. The molecule has 0 radical (unpaired) electrons. The summed E-state index contributed by atoms with van der Waals surface area (Å²) in [7, 11) is 0. The molecule has 8 nitrogen and oxygen atoms in total. The van der Waals surface area contributed by atoms with Crippen LogP contribution in [0.4, 0.5) is 5.69 Å². The molecule has 1 saturated heterocycles. The van der Waals surface area contributed by atoms with Crippen molar-refractivity contribution in [1.82, 2.24) is 14.7 Å². The van der Waals surface area contributed by atoms with Gasteiger partial charge in [0.05, 0.1) is 17.6 Å². The predicted octanol–water partition coefficient (Wildman–Crippen LogP) is 2.40. The number of hydrogen-bond donors (Lipinski definition) is 0. The molecule has 1 aliphatic heterocycles. The number of ether oxygens (including phenoxy) is 1. The number of hydrogen-bond acceptors (Lipinski definition) is 5. The Morgan fingerprint density at radius 1 is 1.31 bits per heavy atom. The smallest absolute Gasteiger partial charge is 0.312 e. The zero-order chi connectivity index (χ0) is 18.8. The van der Waals surface area contributed by atoms with Gasteiger partial charge in [-0.25, -0.2) is 0 Å². The predicted molar refractivity (Wildman–Crippen MR) is 94.7 cm³/mol. The van der Waals surface area contributed by atoms with Crippen molar-refractivity contribution >= 4 is 11.6 Å². The summed E-state index contributed by atoms with van der Waals surface area (Å²) in [5, 5.41) is 15.3. The minimum atomic E-state index is -0.457. The Hall–Kier alpha value is -2.74. The molecule has 0 aliphatic carbocycles. The maximum Gasteiger partial charge on any atom is 0.312 e. The SMILES string of the molecule is Cc1nn(CC(=O)N2C[C@@H](c3ccccc3)O[C@@H](C)C2)c(C)c1[N+](=O)[O-]. The summed E-state index contributed by atoms with van der Waals surface area (Å²) in [6, 6.07) is 9.79. The fourth-order valence-corrected chi connectivity index (χ4v) is 3.34.